The Bertz CT molecular complexity index is 409. The van der Waals surface area contributed by atoms with Gasteiger partial charge in [-0.25, -0.2) is 4.39 Å². The Balaban J connectivity index is 2.17. The summed E-state index contributed by atoms with van der Waals surface area (Å²) in [7, 11) is 1.52. The van der Waals surface area contributed by atoms with Gasteiger partial charge in [-0.05, 0) is 18.6 Å². The summed E-state index contributed by atoms with van der Waals surface area (Å²) >= 11 is 1.67. The van der Waals surface area contributed by atoms with E-state index in [4.69, 9.17) is 4.74 Å². The molecule has 1 aromatic carbocycles. The topological polar surface area (TPSA) is 33.6 Å². The molecule has 0 fully saturated rings. The van der Waals surface area contributed by atoms with E-state index in [1.54, 1.807) is 17.8 Å². The van der Waals surface area contributed by atoms with Gasteiger partial charge in [-0.3, -0.25) is 4.99 Å². The summed E-state index contributed by atoms with van der Waals surface area (Å²) in [6.45, 7) is 0.846. The van der Waals surface area contributed by atoms with Crippen LogP contribution in [0.25, 0.3) is 0 Å². The first-order valence-electron chi connectivity index (χ1n) is 5.07. The largest absolute Gasteiger partial charge is 0.494 e. The van der Waals surface area contributed by atoms with Crippen LogP contribution >= 0.6 is 11.8 Å². The minimum atomic E-state index is -0.305. The Morgan fingerprint density at radius 1 is 1.50 bits per heavy atom. The first-order valence-corrected chi connectivity index (χ1v) is 6.06. The van der Waals surface area contributed by atoms with Crippen LogP contribution in [0.5, 0.6) is 5.75 Å². The molecule has 2 rings (SSSR count). The maximum absolute atomic E-state index is 13.0. The highest BCUT2D eigenvalue weighted by atomic mass is 32.2. The molecule has 1 aliphatic heterocycles. The normalized spacial score (nSPS) is 15.5. The lowest BCUT2D eigenvalue weighted by Gasteiger charge is -2.15. The Morgan fingerprint density at radius 3 is 3.06 bits per heavy atom. The highest BCUT2D eigenvalue weighted by molar-refractivity contribution is 8.14. The van der Waals surface area contributed by atoms with Crippen molar-refractivity contribution in [2.45, 2.75) is 6.42 Å². The summed E-state index contributed by atoms with van der Waals surface area (Å²) in [5.74, 6) is 1.25. The van der Waals surface area contributed by atoms with Gasteiger partial charge in [0.05, 0.1) is 12.8 Å². The van der Waals surface area contributed by atoms with Gasteiger partial charge in [0.1, 0.15) is 11.6 Å². The van der Waals surface area contributed by atoms with Crippen molar-refractivity contribution in [3.63, 3.8) is 0 Å². The first kappa shape index (κ1) is 11.3. The van der Waals surface area contributed by atoms with Gasteiger partial charge in [-0.15, -0.1) is 0 Å². The Hall–Kier alpha value is -1.23. The lowest BCUT2D eigenvalue weighted by Crippen LogP contribution is -2.14. The van der Waals surface area contributed by atoms with E-state index in [1.807, 2.05) is 0 Å². The third-order valence-corrected chi connectivity index (χ3v) is 3.20. The molecule has 86 valence electrons. The molecule has 0 amide bonds. The van der Waals surface area contributed by atoms with Gasteiger partial charge in [0, 0.05) is 18.4 Å². The standard InChI is InChI=1S/C11H13FN2OS/c1-15-10-7-8(12)3-4-9(10)14-11-13-5-2-6-16-11/h3-4,7H,2,5-6H2,1H3,(H,13,14). The van der Waals surface area contributed by atoms with E-state index in [1.165, 1.54) is 19.2 Å². The van der Waals surface area contributed by atoms with Gasteiger partial charge < -0.3 is 10.1 Å². The van der Waals surface area contributed by atoms with Crippen molar-refractivity contribution >= 4 is 22.6 Å². The monoisotopic (exact) mass is 240 g/mol. The number of thioether (sulfide) groups is 1. The van der Waals surface area contributed by atoms with E-state index in [9.17, 15) is 4.39 Å². The molecule has 1 heterocycles. The van der Waals surface area contributed by atoms with E-state index in [-0.39, 0.29) is 5.82 Å². The minimum absolute atomic E-state index is 0.305. The van der Waals surface area contributed by atoms with Crippen LogP contribution in [0.4, 0.5) is 10.1 Å². The number of benzene rings is 1. The van der Waals surface area contributed by atoms with Gasteiger partial charge in [-0.2, -0.15) is 0 Å². The van der Waals surface area contributed by atoms with E-state index in [2.05, 4.69) is 10.3 Å². The quantitative estimate of drug-likeness (QED) is 0.863. The third-order valence-electron chi connectivity index (χ3n) is 2.20. The van der Waals surface area contributed by atoms with Crippen LogP contribution in [0.3, 0.4) is 0 Å². The van der Waals surface area contributed by atoms with Crippen LogP contribution in [-0.4, -0.2) is 24.6 Å². The predicted molar refractivity (Wildman–Crippen MR) is 66.0 cm³/mol. The molecule has 0 unspecified atom stereocenters. The number of aliphatic imine (C=N–C) groups is 1. The molecule has 1 aliphatic rings. The number of hydrogen-bond acceptors (Lipinski definition) is 4. The summed E-state index contributed by atoms with van der Waals surface area (Å²) in [4.78, 5) is 4.34. The number of hydrogen-bond donors (Lipinski definition) is 1. The number of amidine groups is 1. The number of nitrogens with zero attached hydrogens (tertiary/aromatic N) is 1. The molecular weight excluding hydrogens is 227 g/mol. The number of ether oxygens (including phenoxy) is 1. The van der Waals surface area contributed by atoms with Crippen molar-refractivity contribution in [1.29, 1.82) is 0 Å². The number of rotatable bonds is 2. The van der Waals surface area contributed by atoms with Crippen molar-refractivity contribution in [3.05, 3.63) is 24.0 Å². The molecule has 0 aromatic heterocycles. The van der Waals surface area contributed by atoms with E-state index in [0.717, 1.165) is 29.6 Å². The highest BCUT2D eigenvalue weighted by Gasteiger charge is 2.09. The highest BCUT2D eigenvalue weighted by Crippen LogP contribution is 2.26. The molecule has 0 saturated heterocycles. The van der Waals surface area contributed by atoms with Gasteiger partial charge in [0.2, 0.25) is 0 Å². The summed E-state index contributed by atoms with van der Waals surface area (Å²) < 4.78 is 18.1. The second-order valence-electron chi connectivity index (χ2n) is 3.36. The zero-order chi connectivity index (χ0) is 11.4. The average Bonchev–Trinajstić information content (AvgIpc) is 2.33. The second-order valence-corrected chi connectivity index (χ2v) is 4.44. The zero-order valence-electron chi connectivity index (χ0n) is 9.00. The van der Waals surface area contributed by atoms with Crippen LogP contribution < -0.4 is 10.1 Å². The Morgan fingerprint density at radius 2 is 2.38 bits per heavy atom. The van der Waals surface area contributed by atoms with E-state index in [0.29, 0.717) is 5.75 Å². The van der Waals surface area contributed by atoms with Crippen molar-refractivity contribution in [2.24, 2.45) is 4.99 Å². The lowest BCUT2D eigenvalue weighted by atomic mass is 10.3. The molecule has 16 heavy (non-hydrogen) atoms. The van der Waals surface area contributed by atoms with Crippen LogP contribution in [0.2, 0.25) is 0 Å². The summed E-state index contributed by atoms with van der Waals surface area (Å²) in [6.07, 6.45) is 1.11. The van der Waals surface area contributed by atoms with Crippen molar-refractivity contribution in [2.75, 3.05) is 24.7 Å². The van der Waals surface area contributed by atoms with Gasteiger partial charge in [0.15, 0.2) is 5.17 Å². The molecule has 5 heteroatoms. The van der Waals surface area contributed by atoms with Crippen molar-refractivity contribution in [1.82, 2.24) is 0 Å². The fourth-order valence-electron chi connectivity index (χ4n) is 1.42. The third kappa shape index (κ3) is 2.66. The summed E-state index contributed by atoms with van der Waals surface area (Å²) in [5, 5.41) is 4.02. The maximum Gasteiger partial charge on any atom is 0.161 e. The molecule has 0 bridgehead atoms. The van der Waals surface area contributed by atoms with Gasteiger partial charge in [0.25, 0.3) is 0 Å². The fraction of sp³-hybridized carbons (Fsp3) is 0.364. The van der Waals surface area contributed by atoms with Crippen LogP contribution in [0.15, 0.2) is 23.2 Å². The molecular formula is C11H13FN2OS. The fourth-order valence-corrected chi connectivity index (χ4v) is 2.25. The summed E-state index contributed by atoms with van der Waals surface area (Å²) in [5.41, 5.74) is 0.747. The van der Waals surface area contributed by atoms with E-state index >= 15 is 0 Å². The molecule has 0 spiro atoms. The molecule has 0 aliphatic carbocycles. The average molecular weight is 240 g/mol. The second kappa shape index (κ2) is 5.21. The molecule has 3 nitrogen and oxygen atoms in total. The predicted octanol–water partition coefficient (Wildman–Crippen LogP) is 2.74. The SMILES string of the molecule is COc1cc(F)ccc1NC1=NCCCS1. The Labute approximate surface area is 98.1 Å². The number of anilines is 1. The minimum Gasteiger partial charge on any atom is -0.494 e. The number of methoxy groups -OCH3 is 1. The number of halogens is 1. The van der Waals surface area contributed by atoms with Crippen LogP contribution in [0.1, 0.15) is 6.42 Å². The molecule has 0 radical (unpaired) electrons. The molecule has 1 N–H and O–H groups in total. The summed E-state index contributed by atoms with van der Waals surface area (Å²) in [6, 6.07) is 4.42. The van der Waals surface area contributed by atoms with Gasteiger partial charge >= 0.3 is 0 Å². The lowest BCUT2D eigenvalue weighted by molar-refractivity contribution is 0.413. The van der Waals surface area contributed by atoms with Crippen LogP contribution in [-0.2, 0) is 0 Å². The van der Waals surface area contributed by atoms with Gasteiger partial charge in [-0.1, -0.05) is 11.8 Å². The molecule has 0 atom stereocenters. The van der Waals surface area contributed by atoms with E-state index < -0.39 is 0 Å². The Kier molecular flexibility index (Phi) is 3.66. The van der Waals surface area contributed by atoms with Crippen molar-refractivity contribution < 1.29 is 9.13 Å². The zero-order valence-corrected chi connectivity index (χ0v) is 9.81. The maximum atomic E-state index is 13.0. The first-order chi connectivity index (χ1) is 7.79. The molecule has 0 saturated carbocycles. The van der Waals surface area contributed by atoms with Crippen molar-refractivity contribution in [3.8, 4) is 5.75 Å². The molecule has 1 aromatic rings. The smallest absolute Gasteiger partial charge is 0.161 e. The number of nitrogens with one attached hydrogen (secondary N) is 1. The van der Waals surface area contributed by atoms with Crippen LogP contribution in [0, 0.1) is 5.82 Å².